The molecule has 1 N–H and O–H groups in total. The minimum atomic E-state index is -4.34. The fourth-order valence-corrected chi connectivity index (χ4v) is 5.76. The summed E-state index contributed by atoms with van der Waals surface area (Å²) >= 11 is 4.46. The smallest absolute Gasteiger partial charge is 0.309 e. The lowest BCUT2D eigenvalue weighted by molar-refractivity contribution is -0.137. The maximum atomic E-state index is 12.6. The normalized spacial score (nSPS) is 22.4. The summed E-state index contributed by atoms with van der Waals surface area (Å²) in [5.41, 5.74) is 0. The molecule has 0 spiro atoms. The van der Waals surface area contributed by atoms with Crippen molar-refractivity contribution in [3.63, 3.8) is 0 Å². The van der Waals surface area contributed by atoms with Crippen LogP contribution in [-0.2, 0) is 6.18 Å². The molecule has 2 unspecified atom stereocenters. The van der Waals surface area contributed by atoms with Gasteiger partial charge in [0, 0.05) is 33.6 Å². The number of halogens is 3. The molecule has 2 nitrogen and oxygen atoms in total. The Hall–Kier alpha value is 0.0800. The van der Waals surface area contributed by atoms with Crippen LogP contribution in [0.25, 0.3) is 0 Å². The Bertz CT molecular complexity index is 402. The summed E-state index contributed by atoms with van der Waals surface area (Å²) in [6, 6.07) is -0.0311. The zero-order chi connectivity index (χ0) is 13.9. The number of nitrogens with zero attached hydrogens (tertiary/aromatic N) is 1. The lowest BCUT2D eigenvalue weighted by atomic mass is 10.2. The highest BCUT2D eigenvalue weighted by molar-refractivity contribution is 8.06. The summed E-state index contributed by atoms with van der Waals surface area (Å²) in [4.78, 5) is 4.21. The molecule has 0 aliphatic carbocycles. The molecule has 1 aliphatic heterocycles. The molecule has 2 heterocycles. The molecule has 108 valence electrons. The Morgan fingerprint density at radius 3 is 2.79 bits per heavy atom. The third-order valence-electron chi connectivity index (χ3n) is 2.71. The first kappa shape index (κ1) is 15.5. The van der Waals surface area contributed by atoms with Crippen molar-refractivity contribution in [3.05, 3.63) is 16.1 Å². The molecule has 1 saturated heterocycles. The molecular weight excluding hydrogens is 313 g/mol. The van der Waals surface area contributed by atoms with Crippen LogP contribution in [0.4, 0.5) is 13.2 Å². The average molecular weight is 328 g/mol. The molecule has 0 saturated carbocycles. The van der Waals surface area contributed by atoms with Gasteiger partial charge in [-0.25, -0.2) is 4.98 Å². The van der Waals surface area contributed by atoms with Gasteiger partial charge in [-0.15, -0.1) is 11.3 Å². The molecule has 0 radical (unpaired) electrons. The van der Waals surface area contributed by atoms with Gasteiger partial charge >= 0.3 is 6.18 Å². The highest BCUT2D eigenvalue weighted by atomic mass is 32.2. The summed E-state index contributed by atoms with van der Waals surface area (Å²) in [7, 11) is 0. The second kappa shape index (κ2) is 6.69. The van der Waals surface area contributed by atoms with E-state index in [1.165, 1.54) is 6.20 Å². The van der Waals surface area contributed by atoms with E-state index in [1.807, 2.05) is 30.4 Å². The zero-order valence-electron chi connectivity index (χ0n) is 10.4. The third kappa shape index (κ3) is 4.03. The van der Waals surface area contributed by atoms with Crippen molar-refractivity contribution in [2.24, 2.45) is 0 Å². The molecule has 0 amide bonds. The van der Waals surface area contributed by atoms with Gasteiger partial charge in [0.15, 0.2) is 5.01 Å². The van der Waals surface area contributed by atoms with Crippen LogP contribution in [0.15, 0.2) is 6.20 Å². The zero-order valence-corrected chi connectivity index (χ0v) is 12.8. The third-order valence-corrected chi connectivity index (χ3v) is 6.70. The summed E-state index contributed by atoms with van der Waals surface area (Å²) < 4.78 is 37.8. The fourth-order valence-electron chi connectivity index (χ4n) is 1.90. The van der Waals surface area contributed by atoms with E-state index in [0.717, 1.165) is 35.1 Å². The van der Waals surface area contributed by atoms with E-state index in [4.69, 9.17) is 0 Å². The number of nitrogens with one attached hydrogen (secondary N) is 1. The van der Waals surface area contributed by atoms with E-state index >= 15 is 0 Å². The van der Waals surface area contributed by atoms with Gasteiger partial charge in [0.25, 0.3) is 0 Å². The molecule has 1 aromatic heterocycles. The molecule has 1 aromatic rings. The van der Waals surface area contributed by atoms with Gasteiger partial charge in [0.05, 0.1) is 6.04 Å². The molecule has 1 aliphatic rings. The topological polar surface area (TPSA) is 24.9 Å². The van der Waals surface area contributed by atoms with Gasteiger partial charge in [-0.3, -0.25) is 0 Å². The molecular formula is C11H15F3N2S3. The van der Waals surface area contributed by atoms with Crippen molar-refractivity contribution >= 4 is 34.9 Å². The molecule has 0 aromatic carbocycles. The van der Waals surface area contributed by atoms with Crippen LogP contribution in [0.2, 0.25) is 0 Å². The molecule has 2 rings (SSSR count). The number of hydrogen-bond acceptors (Lipinski definition) is 5. The van der Waals surface area contributed by atoms with Crippen molar-refractivity contribution < 1.29 is 13.2 Å². The number of rotatable bonds is 4. The summed E-state index contributed by atoms with van der Waals surface area (Å²) in [6.45, 7) is 2.71. The number of alkyl halides is 3. The maximum Gasteiger partial charge on any atom is 0.443 e. The first-order chi connectivity index (χ1) is 9.02. The van der Waals surface area contributed by atoms with Crippen LogP contribution in [-0.4, -0.2) is 34.0 Å². The van der Waals surface area contributed by atoms with E-state index < -0.39 is 11.2 Å². The van der Waals surface area contributed by atoms with E-state index in [9.17, 15) is 13.2 Å². The van der Waals surface area contributed by atoms with Crippen molar-refractivity contribution in [1.29, 1.82) is 0 Å². The van der Waals surface area contributed by atoms with Crippen molar-refractivity contribution in [2.75, 3.05) is 23.8 Å². The highest BCUT2D eigenvalue weighted by Gasteiger charge is 2.36. The lowest BCUT2D eigenvalue weighted by Gasteiger charge is -2.29. The standard InChI is InChI=1S/C11H15F3N2S3/c1-2-15-9(8-6-17-3-4-18-8)7-5-16-10(19-7)11(12,13)14/h5,8-9,15H,2-4,6H2,1H3. The van der Waals surface area contributed by atoms with Crippen LogP contribution in [0, 0.1) is 0 Å². The number of aromatic nitrogens is 1. The molecule has 8 heteroatoms. The van der Waals surface area contributed by atoms with E-state index in [2.05, 4.69) is 10.3 Å². The second-order valence-corrected chi connectivity index (χ2v) is 7.64. The van der Waals surface area contributed by atoms with Crippen LogP contribution >= 0.6 is 34.9 Å². The highest BCUT2D eigenvalue weighted by Crippen LogP contribution is 2.39. The lowest BCUT2D eigenvalue weighted by Crippen LogP contribution is -2.33. The summed E-state index contributed by atoms with van der Waals surface area (Å²) in [5, 5.41) is 2.87. The van der Waals surface area contributed by atoms with Gasteiger partial charge in [-0.05, 0) is 6.54 Å². The second-order valence-electron chi connectivity index (χ2n) is 4.09. The number of hydrogen-bond donors (Lipinski definition) is 1. The summed E-state index contributed by atoms with van der Waals surface area (Å²) in [5.74, 6) is 3.15. The Balaban J connectivity index is 2.16. The van der Waals surface area contributed by atoms with Crippen LogP contribution in [0.3, 0.4) is 0 Å². The Kier molecular flexibility index (Phi) is 5.45. The largest absolute Gasteiger partial charge is 0.443 e. The van der Waals surface area contributed by atoms with Gasteiger partial charge < -0.3 is 5.32 Å². The Morgan fingerprint density at radius 1 is 1.47 bits per heavy atom. The van der Waals surface area contributed by atoms with E-state index in [1.54, 1.807) is 0 Å². The van der Waals surface area contributed by atoms with Crippen LogP contribution in [0.1, 0.15) is 22.9 Å². The van der Waals surface area contributed by atoms with Crippen molar-refractivity contribution in [3.8, 4) is 0 Å². The van der Waals surface area contributed by atoms with Gasteiger partial charge in [-0.2, -0.15) is 36.7 Å². The first-order valence-corrected chi connectivity index (χ1v) is 9.00. The molecule has 2 atom stereocenters. The predicted octanol–water partition coefficient (Wildman–Crippen LogP) is 3.66. The SMILES string of the molecule is CCNC(c1cnc(C(F)(F)F)s1)C1CSCCS1. The summed E-state index contributed by atoms with van der Waals surface area (Å²) in [6.07, 6.45) is -2.96. The number of thioether (sulfide) groups is 2. The minimum absolute atomic E-state index is 0.0311. The first-order valence-electron chi connectivity index (χ1n) is 5.98. The van der Waals surface area contributed by atoms with E-state index in [0.29, 0.717) is 10.1 Å². The van der Waals surface area contributed by atoms with Gasteiger partial charge in [-0.1, -0.05) is 6.92 Å². The van der Waals surface area contributed by atoms with Crippen LogP contribution < -0.4 is 5.32 Å². The Morgan fingerprint density at radius 2 is 2.26 bits per heavy atom. The van der Waals surface area contributed by atoms with Gasteiger partial charge in [0.2, 0.25) is 0 Å². The quantitative estimate of drug-likeness (QED) is 0.912. The molecule has 0 bridgehead atoms. The van der Waals surface area contributed by atoms with Crippen LogP contribution in [0.5, 0.6) is 0 Å². The molecule has 19 heavy (non-hydrogen) atoms. The predicted molar refractivity (Wildman–Crippen MR) is 77.1 cm³/mol. The van der Waals surface area contributed by atoms with Crippen molar-refractivity contribution in [1.82, 2.24) is 10.3 Å². The number of thiazole rings is 1. The maximum absolute atomic E-state index is 12.6. The molecule has 1 fully saturated rings. The Labute approximate surface area is 122 Å². The van der Waals surface area contributed by atoms with E-state index in [-0.39, 0.29) is 6.04 Å². The monoisotopic (exact) mass is 328 g/mol. The average Bonchev–Trinajstić information content (AvgIpc) is 2.86. The van der Waals surface area contributed by atoms with Crippen molar-refractivity contribution in [2.45, 2.75) is 24.4 Å². The minimum Gasteiger partial charge on any atom is -0.309 e. The fraction of sp³-hybridized carbons (Fsp3) is 0.727. The van der Waals surface area contributed by atoms with Gasteiger partial charge in [0.1, 0.15) is 0 Å².